The predicted octanol–water partition coefficient (Wildman–Crippen LogP) is 1.57. The summed E-state index contributed by atoms with van der Waals surface area (Å²) in [4.78, 5) is 0.368. The van der Waals surface area contributed by atoms with Gasteiger partial charge in [-0.2, -0.15) is 0 Å². The molecular formula is C8H10Se. The topological polar surface area (TPSA) is 0 Å². The molecule has 0 saturated heterocycles. The van der Waals surface area contributed by atoms with E-state index in [0.717, 1.165) is 6.42 Å². The molecule has 1 atom stereocenters. The van der Waals surface area contributed by atoms with Crippen LogP contribution in [0.25, 0.3) is 0 Å². The molecule has 0 fully saturated rings. The van der Waals surface area contributed by atoms with Crippen LogP contribution in [-0.2, 0) is 0 Å². The first-order valence-corrected chi connectivity index (χ1v) is 5.06. The first kappa shape index (κ1) is 8.64. The fraction of sp³-hybridized carbons (Fsp3) is 0.500. The second kappa shape index (κ2) is 5.77. The van der Waals surface area contributed by atoms with Crippen LogP contribution >= 0.6 is 0 Å². The summed E-state index contributed by atoms with van der Waals surface area (Å²) in [5.41, 5.74) is 0. The van der Waals surface area contributed by atoms with Gasteiger partial charge in [0, 0.05) is 0 Å². The summed E-state index contributed by atoms with van der Waals surface area (Å²) in [6.45, 7) is 2.14. The van der Waals surface area contributed by atoms with Crippen LogP contribution in [0.4, 0.5) is 0 Å². The number of terminal acetylenes is 2. The van der Waals surface area contributed by atoms with Gasteiger partial charge in [-0.05, 0) is 0 Å². The number of hydrogen-bond donors (Lipinski definition) is 0. The summed E-state index contributed by atoms with van der Waals surface area (Å²) in [6, 6.07) is 0. The summed E-state index contributed by atoms with van der Waals surface area (Å²) >= 11 is 0.557. The summed E-state index contributed by atoms with van der Waals surface area (Å²) in [5, 5.41) is 1.18. The van der Waals surface area contributed by atoms with Crippen LogP contribution in [0, 0.1) is 24.7 Å². The van der Waals surface area contributed by atoms with Crippen molar-refractivity contribution in [3.05, 3.63) is 0 Å². The predicted molar refractivity (Wildman–Crippen MR) is 42.3 cm³/mol. The van der Waals surface area contributed by atoms with Gasteiger partial charge >= 0.3 is 63.1 Å². The van der Waals surface area contributed by atoms with Crippen molar-refractivity contribution < 1.29 is 0 Å². The summed E-state index contributed by atoms with van der Waals surface area (Å²) < 4.78 is 0. The fourth-order valence-electron chi connectivity index (χ4n) is 0.474. The first-order chi connectivity index (χ1) is 4.35. The van der Waals surface area contributed by atoms with Gasteiger partial charge in [0.05, 0.1) is 0 Å². The average molecular weight is 185 g/mol. The number of hydrogen-bond acceptors (Lipinski definition) is 0. The van der Waals surface area contributed by atoms with Gasteiger partial charge < -0.3 is 0 Å². The Morgan fingerprint density at radius 2 is 2.22 bits per heavy atom. The van der Waals surface area contributed by atoms with Crippen LogP contribution in [-0.4, -0.2) is 15.0 Å². The monoisotopic (exact) mass is 186 g/mol. The summed E-state index contributed by atoms with van der Waals surface area (Å²) in [5.74, 6) is 5.27. The van der Waals surface area contributed by atoms with Crippen LogP contribution in [0.3, 0.4) is 0 Å². The van der Waals surface area contributed by atoms with Crippen molar-refractivity contribution in [2.45, 2.75) is 23.5 Å². The molecule has 0 nitrogen and oxygen atoms in total. The van der Waals surface area contributed by atoms with Crippen molar-refractivity contribution in [3.63, 3.8) is 0 Å². The van der Waals surface area contributed by atoms with E-state index in [1.54, 1.807) is 0 Å². The van der Waals surface area contributed by atoms with E-state index in [1.165, 1.54) is 5.32 Å². The van der Waals surface area contributed by atoms with Gasteiger partial charge in [-0.3, -0.25) is 0 Å². The van der Waals surface area contributed by atoms with E-state index in [0.29, 0.717) is 19.8 Å². The molecule has 0 aromatic rings. The molecule has 0 aliphatic heterocycles. The molecule has 0 aromatic heterocycles. The van der Waals surface area contributed by atoms with Gasteiger partial charge in [-0.1, -0.05) is 0 Å². The Hall–Kier alpha value is -0.361. The van der Waals surface area contributed by atoms with Crippen molar-refractivity contribution >= 4 is 15.0 Å². The zero-order valence-electron chi connectivity index (χ0n) is 5.55. The second-order valence-electron chi connectivity index (χ2n) is 1.52. The summed E-state index contributed by atoms with van der Waals surface area (Å²) in [7, 11) is 0. The normalized spacial score (nSPS) is 11.4. The van der Waals surface area contributed by atoms with Gasteiger partial charge in [-0.25, -0.2) is 0 Å². The molecule has 0 aromatic carbocycles. The quantitative estimate of drug-likeness (QED) is 0.462. The van der Waals surface area contributed by atoms with Gasteiger partial charge in [0.15, 0.2) is 0 Å². The molecular weight excluding hydrogens is 175 g/mol. The molecule has 48 valence electrons. The van der Waals surface area contributed by atoms with Crippen LogP contribution in [0.15, 0.2) is 0 Å². The van der Waals surface area contributed by atoms with Crippen molar-refractivity contribution in [1.82, 2.24) is 0 Å². The molecule has 0 amide bonds. The molecule has 9 heavy (non-hydrogen) atoms. The van der Waals surface area contributed by atoms with E-state index < -0.39 is 0 Å². The Bertz CT molecular complexity index is 136. The van der Waals surface area contributed by atoms with Crippen LogP contribution in [0.2, 0.25) is 10.1 Å². The number of rotatable bonds is 3. The Kier molecular flexibility index (Phi) is 5.54. The van der Waals surface area contributed by atoms with E-state index in [-0.39, 0.29) is 0 Å². The third-order valence-corrected chi connectivity index (χ3v) is 3.04. The molecule has 0 bridgehead atoms. The molecule has 0 radical (unpaired) electrons. The molecule has 1 unspecified atom stereocenters. The maximum atomic E-state index is 5.21. The second-order valence-corrected chi connectivity index (χ2v) is 4.62. The van der Waals surface area contributed by atoms with Crippen molar-refractivity contribution in [2.24, 2.45) is 0 Å². The Balaban J connectivity index is 3.48. The SMILES string of the molecule is C#CCC(C#C)[Se]CC. The molecule has 0 spiro atoms. The van der Waals surface area contributed by atoms with E-state index in [9.17, 15) is 0 Å². The standard InChI is InChI=1S/C8H10Se/c1-4-7-8(5-2)9-6-3/h1-2,8H,6-7H2,3H3. The van der Waals surface area contributed by atoms with Gasteiger partial charge in [-0.15, -0.1) is 0 Å². The van der Waals surface area contributed by atoms with Crippen LogP contribution in [0.1, 0.15) is 13.3 Å². The molecule has 0 aliphatic rings. The minimum atomic E-state index is 0.368. The zero-order valence-corrected chi connectivity index (χ0v) is 7.27. The van der Waals surface area contributed by atoms with E-state index in [2.05, 4.69) is 18.8 Å². The molecule has 0 aliphatic carbocycles. The first-order valence-electron chi connectivity index (χ1n) is 2.86. The third-order valence-electron chi connectivity index (χ3n) is 0.857. The van der Waals surface area contributed by atoms with E-state index in [1.807, 2.05) is 0 Å². The third kappa shape index (κ3) is 4.16. The molecule has 1 heteroatoms. The fourth-order valence-corrected chi connectivity index (χ4v) is 1.97. The zero-order chi connectivity index (χ0) is 7.11. The van der Waals surface area contributed by atoms with Crippen LogP contribution < -0.4 is 0 Å². The molecule has 0 rings (SSSR count). The molecule has 0 saturated carbocycles. The van der Waals surface area contributed by atoms with Gasteiger partial charge in [0.1, 0.15) is 0 Å². The van der Waals surface area contributed by atoms with E-state index >= 15 is 0 Å². The maximum absolute atomic E-state index is 5.21. The molecule has 0 heterocycles. The average Bonchev–Trinajstić information content (AvgIpc) is 1.88. The van der Waals surface area contributed by atoms with Crippen LogP contribution in [0.5, 0.6) is 0 Å². The Morgan fingerprint density at radius 3 is 2.56 bits per heavy atom. The Morgan fingerprint density at radius 1 is 1.56 bits per heavy atom. The summed E-state index contributed by atoms with van der Waals surface area (Å²) in [6.07, 6.45) is 11.1. The van der Waals surface area contributed by atoms with E-state index in [4.69, 9.17) is 12.8 Å². The molecule has 0 N–H and O–H groups in total. The van der Waals surface area contributed by atoms with Gasteiger partial charge in [0.2, 0.25) is 0 Å². The van der Waals surface area contributed by atoms with Crippen molar-refractivity contribution in [3.8, 4) is 24.7 Å². The van der Waals surface area contributed by atoms with Crippen molar-refractivity contribution in [2.75, 3.05) is 0 Å². The Labute approximate surface area is 63.6 Å². The van der Waals surface area contributed by atoms with Crippen molar-refractivity contribution in [1.29, 1.82) is 0 Å². The minimum absolute atomic E-state index is 0.368. The van der Waals surface area contributed by atoms with Gasteiger partial charge in [0.25, 0.3) is 0 Å².